The quantitative estimate of drug-likeness (QED) is 0.617. The smallest absolute Gasteiger partial charge is 0.342 e. The van der Waals surface area contributed by atoms with Crippen LogP contribution in [0.3, 0.4) is 0 Å². The van der Waals surface area contributed by atoms with Crippen LogP contribution in [0.4, 0.5) is 0 Å². The first-order valence-corrected chi connectivity index (χ1v) is 10.3. The van der Waals surface area contributed by atoms with Crippen molar-refractivity contribution in [2.45, 2.75) is 77.1 Å². The number of esters is 1. The first kappa shape index (κ1) is 20.6. The minimum absolute atomic E-state index is 0.0326. The molecule has 2 heterocycles. The third-order valence-electron chi connectivity index (χ3n) is 5.62. The molecule has 1 aromatic carbocycles. The monoisotopic (exact) mass is 386 g/mol. The molecule has 0 amide bonds. The lowest BCUT2D eigenvalue weighted by Gasteiger charge is -2.35. The van der Waals surface area contributed by atoms with Crippen LogP contribution in [-0.2, 0) is 20.7 Å². The molecule has 4 atom stereocenters. The van der Waals surface area contributed by atoms with Gasteiger partial charge < -0.3 is 14.6 Å². The van der Waals surface area contributed by atoms with E-state index in [1.165, 1.54) is 19.1 Å². The standard InChI is InChI=1S/C23H30O5/c1-15-13-19-10-9-17-6-4-8-21(25)22(17)23(26)28-18(7-3-5-16(2)24)11-12-20(14-15)27-19/h3-6,8,15,18-20,25H,7,9-14H2,1-2H3/b5-3+/t15?,18?,19?,20-/m0/s1. The maximum Gasteiger partial charge on any atom is 0.342 e. The lowest BCUT2D eigenvalue weighted by Crippen LogP contribution is -2.34. The molecule has 0 spiro atoms. The van der Waals surface area contributed by atoms with Gasteiger partial charge in [-0.15, -0.1) is 0 Å². The van der Waals surface area contributed by atoms with Crippen molar-refractivity contribution in [1.29, 1.82) is 0 Å². The van der Waals surface area contributed by atoms with E-state index in [0.717, 1.165) is 31.2 Å². The van der Waals surface area contributed by atoms with Gasteiger partial charge in [0.1, 0.15) is 17.4 Å². The molecular formula is C23H30O5. The fourth-order valence-electron chi connectivity index (χ4n) is 4.29. The van der Waals surface area contributed by atoms with Crippen molar-refractivity contribution in [2.24, 2.45) is 5.92 Å². The van der Waals surface area contributed by atoms with Crippen LogP contribution in [0.2, 0.25) is 0 Å². The lowest BCUT2D eigenvalue weighted by molar-refractivity contribution is -0.112. The third kappa shape index (κ3) is 5.44. The molecule has 28 heavy (non-hydrogen) atoms. The van der Waals surface area contributed by atoms with Crippen molar-refractivity contribution < 1.29 is 24.2 Å². The highest BCUT2D eigenvalue weighted by Gasteiger charge is 2.30. The normalized spacial score (nSPS) is 28.7. The summed E-state index contributed by atoms with van der Waals surface area (Å²) in [6, 6.07) is 5.15. The second-order valence-corrected chi connectivity index (χ2v) is 8.16. The van der Waals surface area contributed by atoms with Crippen LogP contribution in [0, 0.1) is 5.92 Å². The van der Waals surface area contributed by atoms with Crippen molar-refractivity contribution >= 4 is 11.8 Å². The summed E-state index contributed by atoms with van der Waals surface area (Å²) >= 11 is 0. The van der Waals surface area contributed by atoms with Gasteiger partial charge in [0.25, 0.3) is 0 Å². The highest BCUT2D eigenvalue weighted by Crippen LogP contribution is 2.32. The van der Waals surface area contributed by atoms with Gasteiger partial charge in [-0.2, -0.15) is 0 Å². The Morgan fingerprint density at radius 1 is 1.21 bits per heavy atom. The van der Waals surface area contributed by atoms with Gasteiger partial charge in [-0.1, -0.05) is 25.1 Å². The summed E-state index contributed by atoms with van der Waals surface area (Å²) in [5, 5.41) is 10.3. The highest BCUT2D eigenvalue weighted by molar-refractivity contribution is 5.94. The minimum atomic E-state index is -0.491. The number of phenolic OH excluding ortho intramolecular Hbond substituents is 1. The molecule has 2 aliphatic heterocycles. The van der Waals surface area contributed by atoms with Crippen LogP contribution in [-0.4, -0.2) is 35.2 Å². The van der Waals surface area contributed by atoms with E-state index in [-0.39, 0.29) is 35.4 Å². The van der Waals surface area contributed by atoms with E-state index in [2.05, 4.69) is 6.92 Å². The Kier molecular flexibility index (Phi) is 6.89. The van der Waals surface area contributed by atoms with Gasteiger partial charge in [-0.3, -0.25) is 4.79 Å². The van der Waals surface area contributed by atoms with E-state index in [1.807, 2.05) is 6.07 Å². The predicted octanol–water partition coefficient (Wildman–Crippen LogP) is 4.36. The summed E-state index contributed by atoms with van der Waals surface area (Å²) < 4.78 is 12.1. The highest BCUT2D eigenvalue weighted by atomic mass is 16.5. The SMILES string of the molecule is CC(=O)/C=C/CC1CC[C@H]2CC(C)CC(CCc3cccc(O)c3C(=O)O1)O2. The van der Waals surface area contributed by atoms with Gasteiger partial charge in [0, 0.05) is 6.42 Å². The van der Waals surface area contributed by atoms with Crippen molar-refractivity contribution in [3.8, 4) is 5.75 Å². The van der Waals surface area contributed by atoms with Crippen LogP contribution < -0.4 is 0 Å². The molecule has 0 radical (unpaired) electrons. The maximum atomic E-state index is 12.8. The number of benzene rings is 1. The molecule has 2 bridgehead atoms. The van der Waals surface area contributed by atoms with Gasteiger partial charge in [0.2, 0.25) is 0 Å². The van der Waals surface area contributed by atoms with Crippen molar-refractivity contribution in [3.05, 3.63) is 41.5 Å². The number of hydrogen-bond donors (Lipinski definition) is 1. The molecule has 0 saturated carbocycles. The summed E-state index contributed by atoms with van der Waals surface area (Å²) in [5.74, 6) is 0.0337. The number of aryl methyl sites for hydroxylation is 1. The number of carbonyl (C=O) groups is 2. The zero-order valence-corrected chi connectivity index (χ0v) is 16.7. The molecule has 152 valence electrons. The minimum Gasteiger partial charge on any atom is -0.507 e. The Labute approximate surface area is 166 Å². The van der Waals surface area contributed by atoms with Gasteiger partial charge in [0.05, 0.1) is 12.2 Å². The van der Waals surface area contributed by atoms with Gasteiger partial charge in [-0.05, 0) is 69.1 Å². The van der Waals surface area contributed by atoms with Crippen LogP contribution in [0.1, 0.15) is 68.3 Å². The van der Waals surface area contributed by atoms with Crippen LogP contribution in [0.25, 0.3) is 0 Å². The third-order valence-corrected chi connectivity index (χ3v) is 5.62. The number of ketones is 1. The summed E-state index contributed by atoms with van der Waals surface area (Å²) in [5.41, 5.74) is 1.05. The maximum absolute atomic E-state index is 12.8. The van der Waals surface area contributed by atoms with Gasteiger partial charge in [0.15, 0.2) is 5.78 Å². The molecule has 5 heteroatoms. The number of allylic oxidation sites excluding steroid dienone is 1. The molecular weight excluding hydrogens is 356 g/mol. The van der Waals surface area contributed by atoms with E-state index in [0.29, 0.717) is 25.2 Å². The zero-order valence-electron chi connectivity index (χ0n) is 16.7. The first-order chi connectivity index (χ1) is 13.4. The molecule has 1 aromatic rings. The molecule has 1 saturated heterocycles. The Balaban J connectivity index is 1.86. The molecule has 0 aliphatic carbocycles. The topological polar surface area (TPSA) is 72.8 Å². The van der Waals surface area contributed by atoms with Crippen LogP contribution in [0.5, 0.6) is 5.75 Å². The number of fused-ring (bicyclic) bond motifs is 3. The first-order valence-electron chi connectivity index (χ1n) is 10.3. The number of carbonyl (C=O) groups excluding carboxylic acids is 2. The fraction of sp³-hybridized carbons (Fsp3) is 0.565. The van der Waals surface area contributed by atoms with Crippen molar-refractivity contribution in [3.63, 3.8) is 0 Å². The molecule has 2 aliphatic rings. The number of aromatic hydroxyl groups is 1. The largest absolute Gasteiger partial charge is 0.507 e. The summed E-state index contributed by atoms with van der Waals surface area (Å²) in [7, 11) is 0. The van der Waals surface area contributed by atoms with E-state index in [9.17, 15) is 14.7 Å². The summed E-state index contributed by atoms with van der Waals surface area (Å²) in [4.78, 5) is 24.0. The molecule has 1 N–H and O–H groups in total. The van der Waals surface area contributed by atoms with Crippen LogP contribution in [0.15, 0.2) is 30.4 Å². The second kappa shape index (κ2) is 9.37. The Bertz CT molecular complexity index is 739. The average Bonchev–Trinajstić information content (AvgIpc) is 2.62. The molecule has 3 unspecified atom stereocenters. The number of ether oxygens (including phenoxy) is 2. The number of phenols is 1. The van der Waals surface area contributed by atoms with Gasteiger partial charge in [-0.25, -0.2) is 4.79 Å². The zero-order chi connectivity index (χ0) is 20.1. The predicted molar refractivity (Wildman–Crippen MR) is 106 cm³/mol. The average molecular weight is 386 g/mol. The molecule has 3 rings (SSSR count). The molecule has 1 fully saturated rings. The Morgan fingerprint density at radius 2 is 1.96 bits per heavy atom. The van der Waals surface area contributed by atoms with Crippen molar-refractivity contribution in [2.75, 3.05) is 0 Å². The van der Waals surface area contributed by atoms with E-state index >= 15 is 0 Å². The van der Waals surface area contributed by atoms with Gasteiger partial charge >= 0.3 is 5.97 Å². The molecule has 0 aromatic heterocycles. The molecule has 5 nitrogen and oxygen atoms in total. The van der Waals surface area contributed by atoms with Crippen LogP contribution >= 0.6 is 0 Å². The van der Waals surface area contributed by atoms with E-state index in [4.69, 9.17) is 9.47 Å². The number of hydrogen-bond acceptors (Lipinski definition) is 5. The number of rotatable bonds is 3. The van der Waals surface area contributed by atoms with Crippen molar-refractivity contribution in [1.82, 2.24) is 0 Å². The number of cyclic esters (lactones) is 1. The fourth-order valence-corrected chi connectivity index (χ4v) is 4.29. The second-order valence-electron chi connectivity index (χ2n) is 8.16. The lowest BCUT2D eigenvalue weighted by atomic mass is 9.88. The Morgan fingerprint density at radius 3 is 2.71 bits per heavy atom. The van der Waals surface area contributed by atoms with E-state index in [1.54, 1.807) is 12.1 Å². The van der Waals surface area contributed by atoms with E-state index < -0.39 is 5.97 Å². The Hall–Kier alpha value is -2.14. The summed E-state index contributed by atoms with van der Waals surface area (Å²) in [6.07, 6.45) is 8.77. The summed E-state index contributed by atoms with van der Waals surface area (Å²) in [6.45, 7) is 3.76.